The van der Waals surface area contributed by atoms with E-state index in [0.717, 1.165) is 92.8 Å². The Morgan fingerprint density at radius 3 is 2.38 bits per heavy atom. The summed E-state index contributed by atoms with van der Waals surface area (Å²) in [5.41, 5.74) is 13.7. The molecule has 1 fully saturated rings. The van der Waals surface area contributed by atoms with Crippen molar-refractivity contribution >= 4 is 23.5 Å². The fraction of sp³-hybridized carbons (Fsp3) is 0.426. The maximum atomic E-state index is 13.0. The summed E-state index contributed by atoms with van der Waals surface area (Å²) < 4.78 is 5.41. The first-order valence-corrected chi connectivity index (χ1v) is 20.1. The van der Waals surface area contributed by atoms with Gasteiger partial charge in [0.2, 0.25) is 0 Å². The number of aryl methyl sites for hydroxylation is 4. The Balaban J connectivity index is 1.17. The molecule has 3 aromatic carbocycles. The zero-order valence-electron chi connectivity index (χ0n) is 32.8. The average Bonchev–Trinajstić information content (AvgIpc) is 3.20. The number of pyridine rings is 1. The van der Waals surface area contributed by atoms with Gasteiger partial charge in [-0.15, -0.1) is 0 Å². The van der Waals surface area contributed by atoms with Crippen molar-refractivity contribution in [3.05, 3.63) is 124 Å². The second-order valence-corrected chi connectivity index (χ2v) is 15.1. The molecule has 292 valence electrons. The lowest BCUT2D eigenvalue weighted by atomic mass is 9.81. The van der Waals surface area contributed by atoms with E-state index in [-0.39, 0.29) is 23.7 Å². The lowest BCUT2D eigenvalue weighted by molar-refractivity contribution is -0.124. The highest BCUT2D eigenvalue weighted by atomic mass is 16.5. The summed E-state index contributed by atoms with van der Waals surface area (Å²) in [6, 6.07) is 24.7. The summed E-state index contributed by atoms with van der Waals surface area (Å²) in [5, 5.41) is 17.6. The van der Waals surface area contributed by atoms with Gasteiger partial charge in [0, 0.05) is 12.6 Å². The molecule has 2 heterocycles. The van der Waals surface area contributed by atoms with Crippen molar-refractivity contribution in [1.29, 1.82) is 0 Å². The van der Waals surface area contributed by atoms with Crippen molar-refractivity contribution < 1.29 is 19.4 Å². The second-order valence-electron chi connectivity index (χ2n) is 15.1. The number of hydrogen-bond donors (Lipinski definition) is 4. The number of allylic oxidation sites excluding steroid dienone is 1. The summed E-state index contributed by atoms with van der Waals surface area (Å²) in [6.45, 7) is 3.26. The first kappa shape index (κ1) is 41.4. The van der Waals surface area contributed by atoms with Gasteiger partial charge < -0.3 is 26.2 Å². The van der Waals surface area contributed by atoms with Gasteiger partial charge in [0.05, 0.1) is 13.5 Å². The third-order valence-electron chi connectivity index (χ3n) is 11.0. The number of Topliss-reactive ketones (excluding diaryl/α,β-unsaturated/α-hetero) is 1. The predicted octanol–water partition coefficient (Wildman–Crippen LogP) is 7.87. The van der Waals surface area contributed by atoms with Crippen molar-refractivity contribution in [2.45, 2.75) is 83.5 Å². The monoisotopic (exact) mass is 744 g/mol. The average molecular weight is 745 g/mol. The summed E-state index contributed by atoms with van der Waals surface area (Å²) in [7, 11) is 3.53. The number of ketones is 2. The van der Waals surface area contributed by atoms with Crippen LogP contribution in [0.5, 0.6) is 11.5 Å². The number of hydrogen-bond acceptors (Lipinski definition) is 8. The lowest BCUT2D eigenvalue weighted by Gasteiger charge is -2.30. The Kier molecular flexibility index (Phi) is 16.5. The van der Waals surface area contributed by atoms with Crippen LogP contribution in [0.15, 0.2) is 85.1 Å². The van der Waals surface area contributed by atoms with E-state index in [9.17, 15) is 14.7 Å². The topological polar surface area (TPSA) is 127 Å². The molecule has 0 radical (unpaired) electrons. The van der Waals surface area contributed by atoms with Crippen LogP contribution in [0.25, 0.3) is 6.08 Å². The minimum absolute atomic E-state index is 0.0152. The Labute approximate surface area is 328 Å². The number of methoxy groups -OCH3 is 1. The number of phenolic OH excluding ortho intramolecular Hbond substituents is 1. The molecule has 1 saturated heterocycles. The van der Waals surface area contributed by atoms with Gasteiger partial charge in [-0.3, -0.25) is 9.59 Å². The van der Waals surface area contributed by atoms with Gasteiger partial charge in [-0.2, -0.15) is 0 Å². The number of piperidine rings is 1. The standard InChI is InChI=1S/C47H60N4O4/c1-49-32-40(37-22-24-50-25-23-37)14-7-4-8-15-43(52)31-44(53)21-20-38-29-46(55-2)45(54)28-41(38)27-42-33-51-47(48)30-39(42)19-18-36-13-9-12-35(26-36)17-16-34-10-5-3-6-11-34/h3,5-6,9-13,20-21,26,28-30,33,37,40,49-50,54H,4,7-8,14-19,22-25,27,31-32H2,1-2H3,(H2,48,51). The van der Waals surface area contributed by atoms with Crippen LogP contribution in [0.1, 0.15) is 90.3 Å². The van der Waals surface area contributed by atoms with Crippen molar-refractivity contribution in [1.82, 2.24) is 15.6 Å². The number of unbranched alkanes of at least 4 members (excludes halogenated alkanes) is 2. The molecule has 0 aliphatic carbocycles. The van der Waals surface area contributed by atoms with E-state index in [1.165, 1.54) is 49.1 Å². The molecule has 5 rings (SSSR count). The summed E-state index contributed by atoms with van der Waals surface area (Å²) >= 11 is 0. The summed E-state index contributed by atoms with van der Waals surface area (Å²) in [4.78, 5) is 30.1. The maximum Gasteiger partial charge on any atom is 0.163 e. The van der Waals surface area contributed by atoms with Crippen LogP contribution in [-0.2, 0) is 41.7 Å². The highest BCUT2D eigenvalue weighted by molar-refractivity contribution is 6.06. The van der Waals surface area contributed by atoms with Crippen LogP contribution in [0.3, 0.4) is 0 Å². The van der Waals surface area contributed by atoms with Crippen LogP contribution in [0.4, 0.5) is 5.82 Å². The number of aromatic hydroxyl groups is 1. The first-order valence-electron chi connectivity index (χ1n) is 20.1. The third-order valence-corrected chi connectivity index (χ3v) is 11.0. The number of nitrogens with two attached hydrogens (primary N) is 1. The maximum absolute atomic E-state index is 13.0. The summed E-state index contributed by atoms with van der Waals surface area (Å²) in [5.74, 6) is 1.97. The van der Waals surface area contributed by atoms with Gasteiger partial charge >= 0.3 is 0 Å². The number of carbonyl (C=O) groups is 2. The molecule has 1 aliphatic heterocycles. The number of nitrogens with zero attached hydrogens (tertiary/aromatic N) is 1. The molecule has 0 bridgehead atoms. The van der Waals surface area contributed by atoms with Crippen molar-refractivity contribution in [3.8, 4) is 11.5 Å². The van der Waals surface area contributed by atoms with Gasteiger partial charge in [0.25, 0.3) is 0 Å². The van der Waals surface area contributed by atoms with Gasteiger partial charge in [0.1, 0.15) is 11.6 Å². The number of nitrogen functional groups attached to an aromatic ring is 1. The van der Waals surface area contributed by atoms with E-state index in [0.29, 0.717) is 30.3 Å². The number of anilines is 1. The van der Waals surface area contributed by atoms with Gasteiger partial charge in [-0.25, -0.2) is 4.98 Å². The van der Waals surface area contributed by atoms with Gasteiger partial charge in [-0.1, -0.05) is 73.5 Å². The number of carbonyl (C=O) groups excluding carboxylic acids is 2. The molecule has 1 aliphatic rings. The molecule has 1 aromatic heterocycles. The fourth-order valence-corrected chi connectivity index (χ4v) is 7.91. The Morgan fingerprint density at radius 1 is 0.909 bits per heavy atom. The molecule has 1 atom stereocenters. The number of phenols is 1. The lowest BCUT2D eigenvalue weighted by Crippen LogP contribution is -2.35. The molecule has 0 amide bonds. The molecule has 4 aromatic rings. The zero-order chi connectivity index (χ0) is 38.8. The van der Waals surface area contributed by atoms with Gasteiger partial charge in [-0.05, 0) is 160 Å². The van der Waals surface area contributed by atoms with Crippen LogP contribution >= 0.6 is 0 Å². The molecule has 0 spiro atoms. The van der Waals surface area contributed by atoms with Crippen molar-refractivity contribution in [3.63, 3.8) is 0 Å². The predicted molar refractivity (Wildman–Crippen MR) is 224 cm³/mol. The molecule has 55 heavy (non-hydrogen) atoms. The normalized spacial score (nSPS) is 13.9. The van der Waals surface area contributed by atoms with Crippen molar-refractivity contribution in [2.24, 2.45) is 11.8 Å². The molecule has 1 unspecified atom stereocenters. The smallest absolute Gasteiger partial charge is 0.163 e. The molecule has 5 N–H and O–H groups in total. The Bertz CT molecular complexity index is 1850. The number of rotatable bonds is 22. The molecule has 8 nitrogen and oxygen atoms in total. The van der Waals surface area contributed by atoms with Crippen LogP contribution < -0.4 is 21.1 Å². The molecular weight excluding hydrogens is 685 g/mol. The molecule has 0 saturated carbocycles. The van der Waals surface area contributed by atoms with Crippen LogP contribution in [0.2, 0.25) is 0 Å². The van der Waals surface area contributed by atoms with E-state index in [1.54, 1.807) is 24.4 Å². The second kappa shape index (κ2) is 21.9. The van der Waals surface area contributed by atoms with E-state index < -0.39 is 0 Å². The van der Waals surface area contributed by atoms with E-state index >= 15 is 0 Å². The van der Waals surface area contributed by atoms with Crippen molar-refractivity contribution in [2.75, 3.05) is 39.5 Å². The van der Waals surface area contributed by atoms with Crippen LogP contribution in [-0.4, -0.2) is 55.4 Å². The van der Waals surface area contributed by atoms with E-state index in [1.807, 2.05) is 19.2 Å². The highest BCUT2D eigenvalue weighted by Gasteiger charge is 2.22. The first-order chi connectivity index (χ1) is 26.8. The van der Waals surface area contributed by atoms with E-state index in [2.05, 4.69) is 64.1 Å². The SMILES string of the molecule is CNCC(CCCCCC(=O)CC(=O)C=Cc1cc(OC)c(O)cc1Cc1cnc(N)cc1CCc1cccc(CCc2ccccc2)c1)C1CCNCC1. The number of benzene rings is 3. The fourth-order valence-electron chi connectivity index (χ4n) is 7.91. The quantitative estimate of drug-likeness (QED) is 0.0364. The molecular formula is C47H60N4O4. The zero-order valence-corrected chi connectivity index (χ0v) is 32.8. The number of aromatic nitrogens is 1. The van der Waals surface area contributed by atoms with Crippen LogP contribution in [0, 0.1) is 11.8 Å². The third kappa shape index (κ3) is 13.5. The Morgan fingerprint density at radius 2 is 1.64 bits per heavy atom. The summed E-state index contributed by atoms with van der Waals surface area (Å²) in [6.07, 6.45) is 15.9. The number of ether oxygens (including phenoxy) is 1. The minimum atomic E-state index is -0.233. The number of nitrogens with one attached hydrogen (secondary N) is 2. The Hall–Kier alpha value is -4.79. The highest BCUT2D eigenvalue weighted by Crippen LogP contribution is 2.32. The largest absolute Gasteiger partial charge is 0.504 e. The van der Waals surface area contributed by atoms with Gasteiger partial charge in [0.15, 0.2) is 17.3 Å². The molecule has 8 heteroatoms. The van der Waals surface area contributed by atoms with E-state index in [4.69, 9.17) is 10.5 Å². The minimum Gasteiger partial charge on any atom is -0.504 e.